The highest BCUT2D eigenvalue weighted by Crippen LogP contribution is 2.18. The summed E-state index contributed by atoms with van der Waals surface area (Å²) in [5.41, 5.74) is 1.19. The van der Waals surface area contributed by atoms with Crippen LogP contribution >= 0.6 is 15.9 Å². The molecule has 0 saturated heterocycles. The molecule has 0 saturated carbocycles. The van der Waals surface area contributed by atoms with Gasteiger partial charge in [-0.15, -0.1) is 0 Å². The molecule has 0 bridgehead atoms. The van der Waals surface area contributed by atoms with Crippen molar-refractivity contribution in [1.29, 1.82) is 0 Å². The molecule has 0 fully saturated rings. The van der Waals surface area contributed by atoms with Crippen LogP contribution in [0.3, 0.4) is 0 Å². The molecular weight excluding hydrogens is 230 g/mol. The Balaban J connectivity index is 2.73. The number of hydrogen-bond acceptors (Lipinski definition) is 2. The maximum absolute atomic E-state index is 5.34. The lowest BCUT2D eigenvalue weighted by atomic mass is 10.1. The average molecular weight is 244 g/mol. The van der Waals surface area contributed by atoms with Crippen LogP contribution in [0.1, 0.15) is 11.7 Å². The van der Waals surface area contributed by atoms with Crippen molar-refractivity contribution in [2.45, 2.75) is 6.10 Å². The largest absolute Gasteiger partial charge is 0.375 e. The van der Waals surface area contributed by atoms with E-state index in [1.165, 1.54) is 5.56 Å². The average Bonchev–Trinajstić information content (AvgIpc) is 2.16. The molecule has 13 heavy (non-hydrogen) atoms. The summed E-state index contributed by atoms with van der Waals surface area (Å²) in [7, 11) is 3.65. The smallest absolute Gasteiger partial charge is 0.0945 e. The maximum atomic E-state index is 5.34. The van der Waals surface area contributed by atoms with Crippen LogP contribution in [-0.4, -0.2) is 20.7 Å². The van der Waals surface area contributed by atoms with E-state index in [2.05, 4.69) is 33.4 Å². The third-order valence-electron chi connectivity index (χ3n) is 1.92. The third kappa shape index (κ3) is 3.10. The van der Waals surface area contributed by atoms with Gasteiger partial charge in [-0.25, -0.2) is 0 Å². The van der Waals surface area contributed by atoms with Gasteiger partial charge in [0.15, 0.2) is 0 Å². The molecule has 1 aromatic carbocycles. The Morgan fingerprint density at radius 2 is 2.00 bits per heavy atom. The predicted octanol–water partition coefficient (Wildman–Crippen LogP) is 2.36. The van der Waals surface area contributed by atoms with E-state index in [0.717, 1.165) is 11.0 Å². The normalized spacial score (nSPS) is 12.8. The molecule has 1 rings (SSSR count). The van der Waals surface area contributed by atoms with Gasteiger partial charge in [0, 0.05) is 18.1 Å². The van der Waals surface area contributed by atoms with Crippen LogP contribution in [0, 0.1) is 0 Å². The van der Waals surface area contributed by atoms with Crippen molar-refractivity contribution in [2.75, 3.05) is 20.7 Å². The van der Waals surface area contributed by atoms with Crippen LogP contribution in [0.2, 0.25) is 0 Å². The fourth-order valence-corrected chi connectivity index (χ4v) is 1.46. The van der Waals surface area contributed by atoms with Crippen molar-refractivity contribution < 1.29 is 4.74 Å². The van der Waals surface area contributed by atoms with E-state index in [9.17, 15) is 0 Å². The molecule has 0 radical (unpaired) electrons. The molecule has 0 amide bonds. The van der Waals surface area contributed by atoms with E-state index < -0.39 is 0 Å². The Labute approximate surface area is 87.4 Å². The lowest BCUT2D eigenvalue weighted by molar-refractivity contribution is 0.104. The zero-order valence-corrected chi connectivity index (χ0v) is 9.47. The molecule has 0 aliphatic rings. The highest BCUT2D eigenvalue weighted by atomic mass is 79.9. The van der Waals surface area contributed by atoms with Crippen molar-refractivity contribution in [2.24, 2.45) is 0 Å². The summed E-state index contributed by atoms with van der Waals surface area (Å²) in [5.74, 6) is 0. The topological polar surface area (TPSA) is 21.3 Å². The number of hydrogen-bond donors (Lipinski definition) is 1. The molecule has 0 aromatic heterocycles. The quantitative estimate of drug-likeness (QED) is 0.877. The van der Waals surface area contributed by atoms with E-state index in [0.29, 0.717) is 0 Å². The van der Waals surface area contributed by atoms with Crippen molar-refractivity contribution in [3.05, 3.63) is 34.3 Å². The standard InChI is InChI=1S/C10H14BrNO/c1-12-7-10(13-2)8-3-5-9(11)6-4-8/h3-6,10,12H,7H2,1-2H3. The number of rotatable bonds is 4. The second kappa shape index (κ2) is 5.37. The number of ether oxygens (including phenoxy) is 1. The van der Waals surface area contributed by atoms with Gasteiger partial charge in [0.2, 0.25) is 0 Å². The molecule has 72 valence electrons. The zero-order valence-electron chi connectivity index (χ0n) is 7.88. The summed E-state index contributed by atoms with van der Waals surface area (Å²) < 4.78 is 6.43. The summed E-state index contributed by atoms with van der Waals surface area (Å²) in [4.78, 5) is 0. The van der Waals surface area contributed by atoms with Gasteiger partial charge in [-0.2, -0.15) is 0 Å². The molecule has 0 aliphatic carbocycles. The summed E-state index contributed by atoms with van der Waals surface area (Å²) in [5, 5.41) is 3.10. The van der Waals surface area contributed by atoms with Gasteiger partial charge >= 0.3 is 0 Å². The van der Waals surface area contributed by atoms with Crippen molar-refractivity contribution >= 4 is 15.9 Å². The van der Waals surface area contributed by atoms with Crippen molar-refractivity contribution in [3.8, 4) is 0 Å². The molecular formula is C10H14BrNO. The lowest BCUT2D eigenvalue weighted by Gasteiger charge is -2.14. The lowest BCUT2D eigenvalue weighted by Crippen LogP contribution is -2.18. The minimum atomic E-state index is 0.137. The van der Waals surface area contributed by atoms with Gasteiger partial charge in [-0.05, 0) is 24.7 Å². The first-order chi connectivity index (χ1) is 6.27. The monoisotopic (exact) mass is 243 g/mol. The second-order valence-electron chi connectivity index (χ2n) is 2.83. The van der Waals surface area contributed by atoms with Crippen LogP contribution < -0.4 is 5.32 Å². The molecule has 1 atom stereocenters. The van der Waals surface area contributed by atoms with E-state index >= 15 is 0 Å². The highest BCUT2D eigenvalue weighted by molar-refractivity contribution is 9.10. The van der Waals surface area contributed by atoms with Gasteiger partial charge < -0.3 is 10.1 Å². The van der Waals surface area contributed by atoms with Crippen LogP contribution in [0.4, 0.5) is 0 Å². The summed E-state index contributed by atoms with van der Waals surface area (Å²) in [6, 6.07) is 8.18. The van der Waals surface area contributed by atoms with Crippen molar-refractivity contribution in [3.63, 3.8) is 0 Å². The zero-order chi connectivity index (χ0) is 9.68. The predicted molar refractivity (Wildman–Crippen MR) is 57.8 cm³/mol. The van der Waals surface area contributed by atoms with Crippen LogP contribution in [0.25, 0.3) is 0 Å². The summed E-state index contributed by atoms with van der Waals surface area (Å²) >= 11 is 3.40. The molecule has 3 heteroatoms. The first-order valence-electron chi connectivity index (χ1n) is 4.20. The fourth-order valence-electron chi connectivity index (χ4n) is 1.20. The van der Waals surface area contributed by atoms with Crippen molar-refractivity contribution in [1.82, 2.24) is 5.32 Å². The Bertz CT molecular complexity index is 248. The van der Waals surface area contributed by atoms with Crippen LogP contribution in [0.5, 0.6) is 0 Å². The molecule has 0 aliphatic heterocycles. The third-order valence-corrected chi connectivity index (χ3v) is 2.44. The van der Waals surface area contributed by atoms with E-state index in [1.54, 1.807) is 7.11 Å². The van der Waals surface area contributed by atoms with Gasteiger partial charge in [-0.3, -0.25) is 0 Å². The summed E-state index contributed by atoms with van der Waals surface area (Å²) in [6.07, 6.45) is 0.137. The minimum Gasteiger partial charge on any atom is -0.375 e. The molecule has 1 N–H and O–H groups in total. The number of likely N-dealkylation sites (N-methyl/N-ethyl adjacent to an activating group) is 1. The van der Waals surface area contributed by atoms with Gasteiger partial charge in [-0.1, -0.05) is 28.1 Å². The molecule has 1 aromatic rings. The van der Waals surface area contributed by atoms with E-state index in [-0.39, 0.29) is 6.10 Å². The Morgan fingerprint density at radius 1 is 1.38 bits per heavy atom. The fraction of sp³-hybridized carbons (Fsp3) is 0.400. The van der Waals surface area contributed by atoms with Gasteiger partial charge in [0.1, 0.15) is 0 Å². The van der Waals surface area contributed by atoms with E-state index in [1.807, 2.05) is 19.2 Å². The Hall–Kier alpha value is -0.380. The Kier molecular flexibility index (Phi) is 4.42. The molecule has 2 nitrogen and oxygen atoms in total. The SMILES string of the molecule is CNCC(OC)c1ccc(Br)cc1. The number of benzene rings is 1. The number of halogens is 1. The number of methoxy groups -OCH3 is 1. The Morgan fingerprint density at radius 3 is 2.46 bits per heavy atom. The second-order valence-corrected chi connectivity index (χ2v) is 3.75. The van der Waals surface area contributed by atoms with Gasteiger partial charge in [0.25, 0.3) is 0 Å². The van der Waals surface area contributed by atoms with Crippen LogP contribution in [-0.2, 0) is 4.74 Å². The molecule has 0 heterocycles. The first-order valence-corrected chi connectivity index (χ1v) is 5.00. The van der Waals surface area contributed by atoms with E-state index in [4.69, 9.17) is 4.74 Å². The number of nitrogens with one attached hydrogen (secondary N) is 1. The van der Waals surface area contributed by atoms with Crippen LogP contribution in [0.15, 0.2) is 28.7 Å². The minimum absolute atomic E-state index is 0.137. The maximum Gasteiger partial charge on any atom is 0.0945 e. The van der Waals surface area contributed by atoms with Gasteiger partial charge in [0.05, 0.1) is 6.10 Å². The highest BCUT2D eigenvalue weighted by Gasteiger charge is 2.07. The first kappa shape index (κ1) is 10.7. The molecule has 0 spiro atoms. The molecule has 1 unspecified atom stereocenters. The summed E-state index contributed by atoms with van der Waals surface area (Å²) in [6.45, 7) is 0.831.